The van der Waals surface area contributed by atoms with Crippen molar-refractivity contribution in [2.45, 2.75) is 6.54 Å². The van der Waals surface area contributed by atoms with E-state index in [2.05, 4.69) is 15.5 Å². The highest BCUT2D eigenvalue weighted by Crippen LogP contribution is 2.38. The minimum absolute atomic E-state index is 0.315. The number of ether oxygens (including phenoxy) is 1. The van der Waals surface area contributed by atoms with Crippen LogP contribution in [0.1, 0.15) is 16.7 Å². The van der Waals surface area contributed by atoms with E-state index in [1.807, 2.05) is 62.6 Å². The van der Waals surface area contributed by atoms with Crippen LogP contribution in [0, 0.1) is 5.82 Å². The van der Waals surface area contributed by atoms with Gasteiger partial charge in [-0.25, -0.2) is 9.18 Å². The molecule has 3 aromatic rings. The number of anilines is 3. The second-order valence-corrected chi connectivity index (χ2v) is 8.77. The first-order chi connectivity index (χ1) is 16.9. The quantitative estimate of drug-likeness (QED) is 0.506. The van der Waals surface area contributed by atoms with Crippen LogP contribution in [0.25, 0.3) is 11.3 Å². The van der Waals surface area contributed by atoms with Gasteiger partial charge in [-0.1, -0.05) is 24.3 Å². The molecule has 178 valence electrons. The van der Waals surface area contributed by atoms with Gasteiger partial charge >= 0.3 is 6.09 Å². The van der Waals surface area contributed by atoms with Gasteiger partial charge in [-0.15, -0.1) is 0 Å². The molecular weight excluding hydrogens is 447 g/mol. The van der Waals surface area contributed by atoms with Crippen molar-refractivity contribution in [3.8, 4) is 0 Å². The second-order valence-electron chi connectivity index (χ2n) is 8.77. The summed E-state index contributed by atoms with van der Waals surface area (Å²) < 4.78 is 18.8. The van der Waals surface area contributed by atoms with Gasteiger partial charge in [-0.2, -0.15) is 0 Å². The number of nitrogens with zero attached hydrogens (tertiary/aromatic N) is 2. The molecule has 5 rings (SSSR count). The van der Waals surface area contributed by atoms with Crippen molar-refractivity contribution in [1.29, 1.82) is 0 Å². The number of hydrogen-bond acceptors (Lipinski definition) is 5. The first-order valence-electron chi connectivity index (χ1n) is 11.3. The maximum atomic E-state index is 13.8. The summed E-state index contributed by atoms with van der Waals surface area (Å²) in [5.41, 5.74) is 5.50. The van der Waals surface area contributed by atoms with E-state index in [1.54, 1.807) is 11.0 Å². The summed E-state index contributed by atoms with van der Waals surface area (Å²) in [5, 5.41) is 6.17. The monoisotopic (exact) mass is 472 g/mol. The number of benzene rings is 3. The maximum Gasteiger partial charge on any atom is 0.414 e. The number of cyclic esters (lactones) is 1. The normalized spacial score (nSPS) is 16.3. The Morgan fingerprint density at radius 3 is 2.46 bits per heavy atom. The Hall–Kier alpha value is -4.17. The number of fused-ring (bicyclic) bond motifs is 1. The van der Waals surface area contributed by atoms with E-state index in [4.69, 9.17) is 4.74 Å². The minimum atomic E-state index is -0.418. The lowest BCUT2D eigenvalue weighted by Gasteiger charge is -2.17. The summed E-state index contributed by atoms with van der Waals surface area (Å²) in [6.45, 7) is 1.66. The summed E-state index contributed by atoms with van der Waals surface area (Å²) >= 11 is 0. The maximum absolute atomic E-state index is 13.8. The Bertz CT molecular complexity index is 1320. The third-order valence-electron chi connectivity index (χ3n) is 5.93. The number of rotatable bonds is 6. The van der Waals surface area contributed by atoms with Crippen LogP contribution in [0.15, 0.2) is 66.7 Å². The molecule has 0 aromatic heterocycles. The molecule has 0 bridgehead atoms. The van der Waals surface area contributed by atoms with Gasteiger partial charge in [0.25, 0.3) is 5.91 Å². The van der Waals surface area contributed by atoms with E-state index in [1.165, 1.54) is 12.1 Å². The zero-order valence-electron chi connectivity index (χ0n) is 19.5. The molecule has 0 radical (unpaired) electrons. The van der Waals surface area contributed by atoms with Crippen LogP contribution in [0.4, 0.5) is 26.2 Å². The molecule has 7 nitrogen and oxygen atoms in total. The van der Waals surface area contributed by atoms with Gasteiger partial charge in [0, 0.05) is 23.5 Å². The molecule has 0 atom stereocenters. The highest BCUT2D eigenvalue weighted by atomic mass is 19.1. The molecule has 1 fully saturated rings. The number of hydrogen-bond donors (Lipinski definition) is 2. The van der Waals surface area contributed by atoms with E-state index in [-0.39, 0.29) is 12.0 Å². The molecule has 35 heavy (non-hydrogen) atoms. The van der Waals surface area contributed by atoms with Gasteiger partial charge in [0.2, 0.25) is 0 Å². The largest absolute Gasteiger partial charge is 0.447 e. The average Bonchev–Trinajstić information content (AvgIpc) is 3.40. The average molecular weight is 473 g/mol. The van der Waals surface area contributed by atoms with Crippen LogP contribution in [0.2, 0.25) is 0 Å². The molecular formula is C27H25FN4O3. The predicted octanol–water partition coefficient (Wildman–Crippen LogP) is 4.78. The Kier molecular flexibility index (Phi) is 5.96. The first kappa shape index (κ1) is 22.6. The van der Waals surface area contributed by atoms with E-state index in [0.717, 1.165) is 23.4 Å². The molecule has 2 N–H and O–H groups in total. The summed E-state index contributed by atoms with van der Waals surface area (Å²) in [7, 11) is 4.03. The number of carbonyl (C=O) groups is 2. The van der Waals surface area contributed by atoms with Crippen LogP contribution in [-0.4, -0.2) is 44.1 Å². The lowest BCUT2D eigenvalue weighted by molar-refractivity contribution is -0.110. The van der Waals surface area contributed by atoms with E-state index in [0.29, 0.717) is 41.4 Å². The van der Waals surface area contributed by atoms with Crippen molar-refractivity contribution in [2.24, 2.45) is 0 Å². The van der Waals surface area contributed by atoms with Gasteiger partial charge in [-0.05, 0) is 67.7 Å². The standard InChI is InChI=1S/C27H25FN4O3/c1-31(2)16-17-3-8-20(9-4-17)29-25(24-22-12-7-19(28)15-23(22)30-26(24)33)18-5-10-21(11-6-18)32-13-14-35-27(32)34/h3-12,15,29H,13-14,16H2,1-2H3,(H,30,33). The molecule has 2 amide bonds. The van der Waals surface area contributed by atoms with Crippen molar-refractivity contribution in [2.75, 3.05) is 42.8 Å². The smallest absolute Gasteiger partial charge is 0.414 e. The van der Waals surface area contributed by atoms with Crippen LogP contribution < -0.4 is 15.5 Å². The molecule has 2 heterocycles. The number of nitrogens with one attached hydrogen (secondary N) is 2. The van der Waals surface area contributed by atoms with Crippen LogP contribution in [0.5, 0.6) is 0 Å². The number of amides is 2. The fourth-order valence-electron chi connectivity index (χ4n) is 4.31. The molecule has 0 aliphatic carbocycles. The summed E-state index contributed by atoms with van der Waals surface area (Å²) in [6, 6.07) is 19.6. The second kappa shape index (κ2) is 9.23. The highest BCUT2D eigenvalue weighted by molar-refractivity contribution is 6.37. The lowest BCUT2D eigenvalue weighted by atomic mass is 9.99. The Morgan fingerprint density at radius 1 is 1.06 bits per heavy atom. The molecule has 2 aliphatic rings. The highest BCUT2D eigenvalue weighted by Gasteiger charge is 2.29. The van der Waals surface area contributed by atoms with Crippen molar-refractivity contribution >= 4 is 40.3 Å². The van der Waals surface area contributed by atoms with E-state index in [9.17, 15) is 14.0 Å². The fraction of sp³-hybridized carbons (Fsp3) is 0.185. The third-order valence-corrected chi connectivity index (χ3v) is 5.93. The zero-order chi connectivity index (χ0) is 24.5. The van der Waals surface area contributed by atoms with Gasteiger partial charge < -0.3 is 20.3 Å². The van der Waals surface area contributed by atoms with Gasteiger partial charge in [0.05, 0.1) is 23.5 Å². The van der Waals surface area contributed by atoms with Crippen molar-refractivity contribution in [1.82, 2.24) is 4.90 Å². The Labute approximate surface area is 202 Å². The molecule has 0 spiro atoms. The molecule has 3 aromatic carbocycles. The Balaban J connectivity index is 1.56. The minimum Gasteiger partial charge on any atom is -0.447 e. The summed E-state index contributed by atoms with van der Waals surface area (Å²) in [6.07, 6.45) is -0.376. The van der Waals surface area contributed by atoms with E-state index >= 15 is 0 Å². The van der Waals surface area contributed by atoms with Crippen molar-refractivity contribution in [3.05, 3.63) is 89.2 Å². The van der Waals surface area contributed by atoms with Crippen molar-refractivity contribution in [3.63, 3.8) is 0 Å². The van der Waals surface area contributed by atoms with Gasteiger partial charge in [0.15, 0.2) is 0 Å². The SMILES string of the molecule is CN(C)Cc1ccc(NC(=C2C(=O)Nc3cc(F)ccc32)c2ccc(N3CCOC3=O)cc2)cc1. The predicted molar refractivity (Wildman–Crippen MR) is 134 cm³/mol. The van der Waals surface area contributed by atoms with Crippen LogP contribution in [-0.2, 0) is 16.1 Å². The zero-order valence-corrected chi connectivity index (χ0v) is 19.5. The van der Waals surface area contributed by atoms with Gasteiger partial charge in [0.1, 0.15) is 12.4 Å². The number of halogens is 1. The third kappa shape index (κ3) is 4.61. The van der Waals surface area contributed by atoms with Crippen LogP contribution in [0.3, 0.4) is 0 Å². The molecule has 0 saturated carbocycles. The molecule has 1 saturated heterocycles. The summed E-state index contributed by atoms with van der Waals surface area (Å²) in [4.78, 5) is 28.6. The van der Waals surface area contributed by atoms with Crippen molar-refractivity contribution < 1.29 is 18.7 Å². The van der Waals surface area contributed by atoms with Gasteiger partial charge in [-0.3, -0.25) is 9.69 Å². The first-order valence-corrected chi connectivity index (χ1v) is 11.3. The fourth-order valence-corrected chi connectivity index (χ4v) is 4.31. The molecule has 8 heteroatoms. The Morgan fingerprint density at radius 2 is 1.80 bits per heavy atom. The molecule has 2 aliphatic heterocycles. The molecule has 0 unspecified atom stereocenters. The topological polar surface area (TPSA) is 73.9 Å². The summed E-state index contributed by atoms with van der Waals surface area (Å²) in [5.74, 6) is -0.734. The van der Waals surface area contributed by atoms with Crippen LogP contribution >= 0.6 is 0 Å². The van der Waals surface area contributed by atoms with E-state index < -0.39 is 5.82 Å². The lowest BCUT2D eigenvalue weighted by Crippen LogP contribution is -2.23. The number of carbonyl (C=O) groups excluding carboxylic acids is 2.